The van der Waals surface area contributed by atoms with Crippen molar-refractivity contribution in [2.45, 2.75) is 26.3 Å². The van der Waals surface area contributed by atoms with E-state index in [1.165, 1.54) is 7.11 Å². The number of hydrogen-bond acceptors (Lipinski definition) is 6. The van der Waals surface area contributed by atoms with E-state index in [-0.39, 0.29) is 31.8 Å². The van der Waals surface area contributed by atoms with Gasteiger partial charge < -0.3 is 24.8 Å². The van der Waals surface area contributed by atoms with Crippen molar-refractivity contribution in [3.8, 4) is 5.75 Å². The molecule has 1 aliphatic heterocycles. The quantitative estimate of drug-likeness (QED) is 0.375. The average molecular weight is 482 g/mol. The van der Waals surface area contributed by atoms with Crippen molar-refractivity contribution >= 4 is 23.6 Å². The molecule has 2 N–H and O–H groups in total. The second-order valence-electron chi connectivity index (χ2n) is 7.93. The molecule has 0 spiro atoms. The summed E-state index contributed by atoms with van der Waals surface area (Å²) in [6.45, 7) is 4.44. The Morgan fingerprint density at radius 1 is 1.06 bits per heavy atom. The zero-order chi connectivity index (χ0) is 25.2. The number of hydrogen-bond donors (Lipinski definition) is 2. The summed E-state index contributed by atoms with van der Waals surface area (Å²) >= 11 is 0. The zero-order valence-corrected chi connectivity index (χ0v) is 20.2. The second kappa shape index (κ2) is 12.6. The van der Waals surface area contributed by atoms with Gasteiger partial charge in [-0.2, -0.15) is 0 Å². The molecule has 9 nitrogen and oxygen atoms in total. The molecule has 35 heavy (non-hydrogen) atoms. The molecular weight excluding hydrogens is 450 g/mol. The molecule has 1 atom stereocenters. The molecule has 3 amide bonds. The number of methoxy groups -OCH3 is 1. The van der Waals surface area contributed by atoms with Crippen LogP contribution in [0.25, 0.3) is 0 Å². The summed E-state index contributed by atoms with van der Waals surface area (Å²) < 4.78 is 15.8. The second-order valence-corrected chi connectivity index (χ2v) is 7.93. The van der Waals surface area contributed by atoms with E-state index >= 15 is 0 Å². The first-order chi connectivity index (χ1) is 16.9. The number of carbonyl (C=O) groups excluding carboxylic acids is 3. The minimum absolute atomic E-state index is 0.108. The van der Waals surface area contributed by atoms with E-state index in [4.69, 9.17) is 14.2 Å². The van der Waals surface area contributed by atoms with Gasteiger partial charge in [0.15, 0.2) is 6.61 Å². The van der Waals surface area contributed by atoms with Crippen molar-refractivity contribution in [2.24, 2.45) is 0 Å². The van der Waals surface area contributed by atoms with Gasteiger partial charge >= 0.3 is 12.0 Å². The third-order valence-electron chi connectivity index (χ3n) is 5.42. The first-order valence-corrected chi connectivity index (χ1v) is 11.5. The minimum Gasteiger partial charge on any atom is -0.484 e. The molecule has 3 rings (SSSR count). The molecule has 0 fully saturated rings. The SMILES string of the molecule is CCCN1C(=O)NC(c2ccc(NC(=O)COc3ccccc3)cc2)C(C(=O)OCCOC)=C1C. The fraction of sp³-hybridized carbons (Fsp3) is 0.346. The third kappa shape index (κ3) is 6.83. The molecule has 1 unspecified atom stereocenters. The van der Waals surface area contributed by atoms with Gasteiger partial charge in [-0.15, -0.1) is 0 Å². The molecule has 0 aliphatic carbocycles. The summed E-state index contributed by atoms with van der Waals surface area (Å²) in [5.41, 5.74) is 2.17. The molecule has 1 aliphatic rings. The van der Waals surface area contributed by atoms with E-state index in [1.807, 2.05) is 25.1 Å². The van der Waals surface area contributed by atoms with Crippen LogP contribution in [0.15, 0.2) is 65.9 Å². The van der Waals surface area contributed by atoms with Crippen LogP contribution in [-0.2, 0) is 19.1 Å². The summed E-state index contributed by atoms with van der Waals surface area (Å²) in [6.07, 6.45) is 0.740. The minimum atomic E-state index is -0.684. The lowest BCUT2D eigenvalue weighted by Crippen LogP contribution is -2.48. The Bertz CT molecular complexity index is 1050. The molecule has 0 aromatic heterocycles. The normalized spacial score (nSPS) is 15.5. The number of ether oxygens (including phenoxy) is 3. The van der Waals surface area contributed by atoms with E-state index in [0.717, 1.165) is 6.42 Å². The van der Waals surface area contributed by atoms with Crippen LogP contribution < -0.4 is 15.4 Å². The van der Waals surface area contributed by atoms with Gasteiger partial charge in [-0.3, -0.25) is 9.69 Å². The molecule has 9 heteroatoms. The van der Waals surface area contributed by atoms with E-state index in [9.17, 15) is 14.4 Å². The predicted octanol–water partition coefficient (Wildman–Crippen LogP) is 3.64. The number of urea groups is 1. The fourth-order valence-corrected chi connectivity index (χ4v) is 3.71. The first-order valence-electron chi connectivity index (χ1n) is 11.5. The Kier molecular flexibility index (Phi) is 9.25. The number of rotatable bonds is 11. The molecule has 0 bridgehead atoms. The fourth-order valence-electron chi connectivity index (χ4n) is 3.71. The number of carbonyl (C=O) groups is 3. The number of nitrogens with one attached hydrogen (secondary N) is 2. The molecular formula is C26H31N3O6. The number of anilines is 1. The summed E-state index contributed by atoms with van der Waals surface area (Å²) in [5, 5.41) is 5.68. The van der Waals surface area contributed by atoms with Gasteiger partial charge in [0.1, 0.15) is 12.4 Å². The zero-order valence-electron chi connectivity index (χ0n) is 20.2. The summed E-state index contributed by atoms with van der Waals surface area (Å²) in [6, 6.07) is 15.0. The smallest absolute Gasteiger partial charge is 0.338 e. The summed E-state index contributed by atoms with van der Waals surface area (Å²) in [5.74, 6) is -0.211. The summed E-state index contributed by atoms with van der Waals surface area (Å²) in [7, 11) is 1.53. The number of allylic oxidation sites excluding steroid dienone is 1. The predicted molar refractivity (Wildman–Crippen MR) is 131 cm³/mol. The highest BCUT2D eigenvalue weighted by Crippen LogP contribution is 2.32. The number of benzene rings is 2. The first kappa shape index (κ1) is 25.8. The highest BCUT2D eigenvalue weighted by atomic mass is 16.6. The van der Waals surface area contributed by atoms with Crippen molar-refractivity contribution in [3.05, 3.63) is 71.4 Å². The maximum Gasteiger partial charge on any atom is 0.338 e. The highest BCUT2D eigenvalue weighted by molar-refractivity contribution is 5.95. The number of esters is 1. The topological polar surface area (TPSA) is 106 Å². The van der Waals surface area contributed by atoms with Gasteiger partial charge in [-0.25, -0.2) is 9.59 Å². The maximum absolute atomic E-state index is 12.9. The van der Waals surface area contributed by atoms with Gasteiger partial charge in [0, 0.05) is 25.0 Å². The molecule has 2 aromatic carbocycles. The number of para-hydroxylation sites is 1. The van der Waals surface area contributed by atoms with Crippen LogP contribution >= 0.6 is 0 Å². The Morgan fingerprint density at radius 3 is 2.43 bits per heavy atom. The highest BCUT2D eigenvalue weighted by Gasteiger charge is 2.36. The van der Waals surface area contributed by atoms with Gasteiger partial charge in [-0.1, -0.05) is 37.3 Å². The van der Waals surface area contributed by atoms with E-state index in [2.05, 4.69) is 10.6 Å². The lowest BCUT2D eigenvalue weighted by atomic mass is 9.94. The van der Waals surface area contributed by atoms with Crippen LogP contribution in [0, 0.1) is 0 Å². The molecule has 1 heterocycles. The van der Waals surface area contributed by atoms with Crippen molar-refractivity contribution in [2.75, 3.05) is 38.8 Å². The lowest BCUT2D eigenvalue weighted by Gasteiger charge is -2.35. The molecule has 0 radical (unpaired) electrons. The van der Waals surface area contributed by atoms with Crippen molar-refractivity contribution in [3.63, 3.8) is 0 Å². The van der Waals surface area contributed by atoms with Crippen LogP contribution in [0.1, 0.15) is 31.9 Å². The lowest BCUT2D eigenvalue weighted by molar-refractivity contribution is -0.141. The number of amides is 3. The molecule has 2 aromatic rings. The van der Waals surface area contributed by atoms with Crippen LogP contribution in [0.2, 0.25) is 0 Å². The van der Waals surface area contributed by atoms with Gasteiger partial charge in [0.05, 0.1) is 18.2 Å². The van der Waals surface area contributed by atoms with Crippen molar-refractivity contribution in [1.82, 2.24) is 10.2 Å². The van der Waals surface area contributed by atoms with Crippen LogP contribution in [-0.4, -0.2) is 56.3 Å². The Hall–Kier alpha value is -3.85. The largest absolute Gasteiger partial charge is 0.484 e. The Morgan fingerprint density at radius 2 is 1.77 bits per heavy atom. The number of nitrogens with zero attached hydrogens (tertiary/aromatic N) is 1. The van der Waals surface area contributed by atoms with E-state index in [0.29, 0.717) is 34.8 Å². The molecule has 0 saturated heterocycles. The average Bonchev–Trinajstić information content (AvgIpc) is 2.86. The molecule has 186 valence electrons. The standard InChI is InChI=1S/C26H31N3O6/c1-4-14-29-18(2)23(25(31)34-16-15-33-3)24(28-26(29)32)19-10-12-20(13-11-19)27-22(30)17-35-21-8-6-5-7-9-21/h5-13,24H,4,14-17H2,1-3H3,(H,27,30)(H,28,32). The van der Waals surface area contributed by atoms with Crippen LogP contribution in [0.4, 0.5) is 10.5 Å². The van der Waals surface area contributed by atoms with Crippen LogP contribution in [0.5, 0.6) is 5.75 Å². The van der Waals surface area contributed by atoms with Gasteiger partial charge in [-0.05, 0) is 43.2 Å². The Balaban J connectivity index is 1.74. The maximum atomic E-state index is 12.9. The van der Waals surface area contributed by atoms with E-state index in [1.54, 1.807) is 48.2 Å². The summed E-state index contributed by atoms with van der Waals surface area (Å²) in [4.78, 5) is 39.5. The molecule has 0 saturated carbocycles. The monoisotopic (exact) mass is 481 g/mol. The van der Waals surface area contributed by atoms with Crippen molar-refractivity contribution in [1.29, 1.82) is 0 Å². The van der Waals surface area contributed by atoms with Crippen molar-refractivity contribution < 1.29 is 28.6 Å². The van der Waals surface area contributed by atoms with E-state index < -0.39 is 12.0 Å². The van der Waals surface area contributed by atoms with Crippen LogP contribution in [0.3, 0.4) is 0 Å². The van der Waals surface area contributed by atoms with Gasteiger partial charge in [0.25, 0.3) is 5.91 Å². The van der Waals surface area contributed by atoms with Gasteiger partial charge in [0.2, 0.25) is 0 Å². The third-order valence-corrected chi connectivity index (χ3v) is 5.42. The Labute approximate surface area is 205 Å².